The van der Waals surface area contributed by atoms with E-state index in [0.29, 0.717) is 0 Å². The van der Waals surface area contributed by atoms with E-state index in [1.165, 1.54) is 4.88 Å². The molecule has 3 nitrogen and oxygen atoms in total. The highest BCUT2D eigenvalue weighted by atomic mass is 32.1. The molecule has 0 aliphatic rings. The number of benzene rings is 1. The number of thiazole rings is 1. The van der Waals surface area contributed by atoms with Crippen molar-refractivity contribution in [2.45, 2.75) is 33.0 Å². The predicted molar refractivity (Wildman–Crippen MR) is 75.2 cm³/mol. The molecule has 2 aromatic rings. The Hall–Kier alpha value is -1.53. The van der Waals surface area contributed by atoms with E-state index in [4.69, 9.17) is 0 Å². The molecule has 108 valence electrons. The van der Waals surface area contributed by atoms with Gasteiger partial charge in [-0.3, -0.25) is 0 Å². The first-order valence-electron chi connectivity index (χ1n) is 6.23. The van der Waals surface area contributed by atoms with Crippen molar-refractivity contribution in [1.82, 2.24) is 10.3 Å². The van der Waals surface area contributed by atoms with Gasteiger partial charge in [0.05, 0.1) is 11.2 Å². The highest BCUT2D eigenvalue weighted by Gasteiger charge is 2.09. The molecule has 0 radical (unpaired) electrons. The van der Waals surface area contributed by atoms with Crippen LogP contribution in [0.2, 0.25) is 0 Å². The van der Waals surface area contributed by atoms with Crippen molar-refractivity contribution in [3.63, 3.8) is 0 Å². The molecule has 0 aliphatic heterocycles. The minimum absolute atomic E-state index is 0.122. The number of aromatic nitrogens is 1. The summed E-state index contributed by atoms with van der Waals surface area (Å²) in [6.45, 7) is 1.96. The van der Waals surface area contributed by atoms with Crippen LogP contribution in [-0.2, 0) is 6.54 Å². The fraction of sp³-hybridized carbons (Fsp3) is 0.357. The second-order valence-electron chi connectivity index (χ2n) is 4.41. The average Bonchev–Trinajstić information content (AvgIpc) is 2.82. The lowest BCUT2D eigenvalue weighted by atomic mass is 10.1. The minimum atomic E-state index is -2.79. The Kier molecular flexibility index (Phi) is 5.03. The van der Waals surface area contributed by atoms with Crippen molar-refractivity contribution in [3.05, 3.63) is 45.9 Å². The van der Waals surface area contributed by atoms with Gasteiger partial charge in [-0.2, -0.15) is 8.78 Å². The fourth-order valence-corrected chi connectivity index (χ4v) is 2.53. The Morgan fingerprint density at radius 3 is 2.55 bits per heavy atom. The molecule has 0 aliphatic carbocycles. The van der Waals surface area contributed by atoms with Crippen LogP contribution in [0.5, 0.6) is 5.75 Å². The second kappa shape index (κ2) is 6.76. The molecule has 0 amide bonds. The van der Waals surface area contributed by atoms with E-state index >= 15 is 0 Å². The number of nitrogens with zero attached hydrogens (tertiary/aromatic N) is 1. The third kappa shape index (κ3) is 3.98. The second-order valence-corrected chi connectivity index (χ2v) is 5.35. The van der Waals surface area contributed by atoms with Gasteiger partial charge in [0.1, 0.15) is 5.75 Å². The number of hydrogen-bond acceptors (Lipinski definition) is 4. The Bertz CT molecular complexity index is 542. The maximum Gasteiger partial charge on any atom is 0.387 e. The largest absolute Gasteiger partial charge is 0.435 e. The summed E-state index contributed by atoms with van der Waals surface area (Å²) in [4.78, 5) is 5.40. The summed E-state index contributed by atoms with van der Waals surface area (Å²) < 4.78 is 28.4. The molecule has 0 saturated carbocycles. The first-order chi connectivity index (χ1) is 9.56. The summed E-state index contributed by atoms with van der Waals surface area (Å²) in [7, 11) is 0. The van der Waals surface area contributed by atoms with Gasteiger partial charge in [0.15, 0.2) is 0 Å². The SMILES string of the molecule is Cc1ncsc1CNC(C)c1ccc(OC(F)F)cc1. The maximum absolute atomic E-state index is 12.1. The minimum Gasteiger partial charge on any atom is -0.435 e. The molecule has 20 heavy (non-hydrogen) atoms. The van der Waals surface area contributed by atoms with E-state index in [2.05, 4.69) is 15.0 Å². The number of halogens is 2. The van der Waals surface area contributed by atoms with E-state index in [9.17, 15) is 8.78 Å². The van der Waals surface area contributed by atoms with Gasteiger partial charge in [-0.05, 0) is 31.5 Å². The van der Waals surface area contributed by atoms with Gasteiger partial charge < -0.3 is 10.1 Å². The maximum atomic E-state index is 12.1. The van der Waals surface area contributed by atoms with Gasteiger partial charge in [-0.1, -0.05) is 12.1 Å². The smallest absolute Gasteiger partial charge is 0.387 e. The summed E-state index contributed by atoms with van der Waals surface area (Å²) in [5.74, 6) is 0.175. The highest BCUT2D eigenvalue weighted by Crippen LogP contribution is 2.20. The van der Waals surface area contributed by atoms with E-state index < -0.39 is 6.61 Å². The first-order valence-corrected chi connectivity index (χ1v) is 7.11. The molecule has 2 rings (SSSR count). The molecule has 1 heterocycles. The van der Waals surface area contributed by atoms with Gasteiger partial charge in [-0.25, -0.2) is 4.98 Å². The van der Waals surface area contributed by atoms with Gasteiger partial charge in [0.25, 0.3) is 0 Å². The van der Waals surface area contributed by atoms with Gasteiger partial charge >= 0.3 is 6.61 Å². The third-order valence-corrected chi connectivity index (χ3v) is 3.95. The average molecular weight is 298 g/mol. The lowest BCUT2D eigenvalue weighted by Gasteiger charge is -2.14. The summed E-state index contributed by atoms with van der Waals surface area (Å²) in [6.07, 6.45) is 0. The van der Waals surface area contributed by atoms with Gasteiger partial charge in [0.2, 0.25) is 0 Å². The van der Waals surface area contributed by atoms with Crippen LogP contribution in [0.15, 0.2) is 29.8 Å². The quantitative estimate of drug-likeness (QED) is 0.878. The number of rotatable bonds is 6. The molecule has 0 spiro atoms. The molecule has 0 bridgehead atoms. The summed E-state index contributed by atoms with van der Waals surface area (Å²) >= 11 is 1.62. The Balaban J connectivity index is 1.92. The number of alkyl halides is 2. The lowest BCUT2D eigenvalue weighted by molar-refractivity contribution is -0.0498. The summed E-state index contributed by atoms with van der Waals surface area (Å²) in [6, 6.07) is 6.80. The molecular weight excluding hydrogens is 282 g/mol. The van der Waals surface area contributed by atoms with Crippen LogP contribution >= 0.6 is 11.3 Å². The topological polar surface area (TPSA) is 34.2 Å². The van der Waals surface area contributed by atoms with Crippen molar-refractivity contribution < 1.29 is 13.5 Å². The fourth-order valence-electron chi connectivity index (χ4n) is 1.80. The molecule has 1 aromatic heterocycles. The molecule has 1 unspecified atom stereocenters. The van der Waals surface area contributed by atoms with E-state index in [1.54, 1.807) is 35.6 Å². The normalized spacial score (nSPS) is 12.7. The molecular formula is C14H16F2N2OS. The van der Waals surface area contributed by atoms with Crippen LogP contribution in [0.3, 0.4) is 0 Å². The molecule has 6 heteroatoms. The van der Waals surface area contributed by atoms with Crippen molar-refractivity contribution in [2.24, 2.45) is 0 Å². The highest BCUT2D eigenvalue weighted by molar-refractivity contribution is 7.09. The number of nitrogens with one attached hydrogen (secondary N) is 1. The van der Waals surface area contributed by atoms with Gasteiger partial charge in [0, 0.05) is 17.5 Å². The Labute approximate surface area is 120 Å². The van der Waals surface area contributed by atoms with Crippen LogP contribution < -0.4 is 10.1 Å². The lowest BCUT2D eigenvalue weighted by Crippen LogP contribution is -2.17. The standard InChI is InChI=1S/C14H16F2N2OS/c1-9(17-7-13-10(2)18-8-20-13)11-3-5-12(6-4-11)19-14(15)16/h3-6,8-9,14,17H,7H2,1-2H3. The zero-order valence-corrected chi connectivity index (χ0v) is 12.1. The van der Waals surface area contributed by atoms with Crippen molar-refractivity contribution in [2.75, 3.05) is 0 Å². The van der Waals surface area contributed by atoms with Crippen LogP contribution in [0.4, 0.5) is 8.78 Å². The van der Waals surface area contributed by atoms with Crippen LogP contribution in [-0.4, -0.2) is 11.6 Å². The summed E-state index contributed by atoms with van der Waals surface area (Å²) in [5, 5.41) is 3.38. The monoisotopic (exact) mass is 298 g/mol. The zero-order valence-electron chi connectivity index (χ0n) is 11.3. The zero-order chi connectivity index (χ0) is 14.5. The van der Waals surface area contributed by atoms with Gasteiger partial charge in [-0.15, -0.1) is 11.3 Å². The van der Waals surface area contributed by atoms with Crippen LogP contribution in [0.25, 0.3) is 0 Å². The molecule has 0 saturated heterocycles. The van der Waals surface area contributed by atoms with E-state index in [-0.39, 0.29) is 11.8 Å². The number of aryl methyl sites for hydroxylation is 1. The van der Waals surface area contributed by atoms with Crippen LogP contribution in [0.1, 0.15) is 29.1 Å². The van der Waals surface area contributed by atoms with Crippen molar-refractivity contribution >= 4 is 11.3 Å². The molecule has 1 atom stereocenters. The van der Waals surface area contributed by atoms with E-state index in [1.807, 2.05) is 19.4 Å². The molecule has 1 aromatic carbocycles. The predicted octanol–water partition coefficient (Wildman–Crippen LogP) is 3.90. The van der Waals surface area contributed by atoms with E-state index in [0.717, 1.165) is 17.8 Å². The van der Waals surface area contributed by atoms with Crippen LogP contribution in [0, 0.1) is 6.92 Å². The number of ether oxygens (including phenoxy) is 1. The Morgan fingerprint density at radius 1 is 1.30 bits per heavy atom. The molecule has 1 N–H and O–H groups in total. The molecule has 0 fully saturated rings. The third-order valence-electron chi connectivity index (χ3n) is 3.02. The van der Waals surface area contributed by atoms with Crippen molar-refractivity contribution in [1.29, 1.82) is 0 Å². The first kappa shape index (κ1) is 14.9. The number of hydrogen-bond donors (Lipinski definition) is 1. The van der Waals surface area contributed by atoms with Crippen molar-refractivity contribution in [3.8, 4) is 5.75 Å². The Morgan fingerprint density at radius 2 is 2.00 bits per heavy atom. The summed E-state index contributed by atoms with van der Waals surface area (Å²) in [5.41, 5.74) is 3.89.